The molecule has 1 aromatic carbocycles. The number of nitrogens with zero attached hydrogens (tertiary/aromatic N) is 3. The summed E-state index contributed by atoms with van der Waals surface area (Å²) >= 11 is 0. The average Bonchev–Trinajstić information content (AvgIpc) is 3.04. The maximum atomic E-state index is 13.5. The predicted octanol–water partition coefficient (Wildman–Crippen LogP) is 5.90. The van der Waals surface area contributed by atoms with Crippen molar-refractivity contribution in [3.63, 3.8) is 0 Å². The van der Waals surface area contributed by atoms with Crippen LogP contribution >= 0.6 is 0 Å². The third-order valence-corrected chi connectivity index (χ3v) is 4.46. The molecule has 0 saturated heterocycles. The molecule has 0 bridgehead atoms. The summed E-state index contributed by atoms with van der Waals surface area (Å²) in [6.07, 6.45) is -8.59. The number of pyridine rings is 2. The molecule has 0 N–H and O–H groups in total. The molecule has 3 nitrogen and oxygen atoms in total. The lowest BCUT2D eigenvalue weighted by molar-refractivity contribution is -0.144. The van der Waals surface area contributed by atoms with Crippen molar-refractivity contribution in [3.8, 4) is 11.3 Å². The number of fused-ring (bicyclic) bond motifs is 3. The molecular weight excluding hydrogens is 384 g/mol. The minimum absolute atomic E-state index is 0.0402. The SMILES string of the molecule is Cc1ccccc1-c1cnc2ccc3c(C(F)(F)F)cc(C(F)(F)F)nc3n12. The number of hydrogen-bond donors (Lipinski definition) is 0. The first-order chi connectivity index (χ1) is 13.1. The van der Waals surface area contributed by atoms with Gasteiger partial charge in [-0.25, -0.2) is 9.97 Å². The van der Waals surface area contributed by atoms with Crippen LogP contribution in [0.2, 0.25) is 0 Å². The monoisotopic (exact) mass is 395 g/mol. The first-order valence-electron chi connectivity index (χ1n) is 8.09. The van der Waals surface area contributed by atoms with Crippen molar-refractivity contribution in [1.29, 1.82) is 0 Å². The highest BCUT2D eigenvalue weighted by Crippen LogP contribution is 2.39. The summed E-state index contributed by atoms with van der Waals surface area (Å²) < 4.78 is 81.4. The minimum Gasteiger partial charge on any atom is -0.276 e. The Labute approximate surface area is 154 Å². The van der Waals surface area contributed by atoms with Crippen LogP contribution < -0.4 is 0 Å². The molecule has 0 radical (unpaired) electrons. The highest BCUT2D eigenvalue weighted by atomic mass is 19.4. The van der Waals surface area contributed by atoms with Crippen LogP contribution in [0.15, 0.2) is 48.7 Å². The van der Waals surface area contributed by atoms with Gasteiger partial charge in [-0.05, 0) is 30.7 Å². The molecule has 0 unspecified atom stereocenters. The van der Waals surface area contributed by atoms with Crippen molar-refractivity contribution in [2.75, 3.05) is 0 Å². The van der Waals surface area contributed by atoms with Gasteiger partial charge >= 0.3 is 12.4 Å². The van der Waals surface area contributed by atoms with Crippen LogP contribution in [0.4, 0.5) is 26.3 Å². The van der Waals surface area contributed by atoms with Crippen LogP contribution in [-0.2, 0) is 12.4 Å². The first kappa shape index (κ1) is 18.3. The van der Waals surface area contributed by atoms with Crippen molar-refractivity contribution in [2.45, 2.75) is 19.3 Å². The second-order valence-corrected chi connectivity index (χ2v) is 6.27. The number of rotatable bonds is 1. The fourth-order valence-corrected chi connectivity index (χ4v) is 3.17. The van der Waals surface area contributed by atoms with Crippen LogP contribution in [0.3, 0.4) is 0 Å². The lowest BCUT2D eigenvalue weighted by Crippen LogP contribution is -2.14. The maximum Gasteiger partial charge on any atom is 0.433 e. The van der Waals surface area contributed by atoms with Gasteiger partial charge < -0.3 is 0 Å². The van der Waals surface area contributed by atoms with Gasteiger partial charge in [-0.3, -0.25) is 4.40 Å². The molecule has 4 aromatic rings. The summed E-state index contributed by atoms with van der Waals surface area (Å²) in [7, 11) is 0. The Hall–Kier alpha value is -3.10. The normalized spacial score (nSPS) is 12.8. The van der Waals surface area contributed by atoms with Crippen LogP contribution in [0.1, 0.15) is 16.8 Å². The van der Waals surface area contributed by atoms with Crippen molar-refractivity contribution in [1.82, 2.24) is 14.4 Å². The van der Waals surface area contributed by atoms with Crippen molar-refractivity contribution in [3.05, 3.63) is 65.5 Å². The van der Waals surface area contributed by atoms with E-state index >= 15 is 0 Å². The van der Waals surface area contributed by atoms with Gasteiger partial charge in [-0.15, -0.1) is 0 Å². The van der Waals surface area contributed by atoms with Crippen LogP contribution in [0.5, 0.6) is 0 Å². The predicted molar refractivity (Wildman–Crippen MR) is 90.7 cm³/mol. The quantitative estimate of drug-likeness (QED) is 0.376. The second kappa shape index (κ2) is 5.95. The summed E-state index contributed by atoms with van der Waals surface area (Å²) in [6.45, 7) is 1.79. The molecule has 0 aliphatic heterocycles. The number of alkyl halides is 6. The molecular formula is C19H11F6N3. The zero-order chi connectivity index (χ0) is 20.3. The highest BCUT2D eigenvalue weighted by molar-refractivity contribution is 5.85. The van der Waals surface area contributed by atoms with Gasteiger partial charge in [0.2, 0.25) is 0 Å². The highest BCUT2D eigenvalue weighted by Gasteiger charge is 2.39. The molecule has 0 aliphatic rings. The van der Waals surface area contributed by atoms with E-state index in [2.05, 4.69) is 9.97 Å². The van der Waals surface area contributed by atoms with E-state index in [1.165, 1.54) is 16.7 Å². The summed E-state index contributed by atoms with van der Waals surface area (Å²) in [5, 5.41) is -0.430. The zero-order valence-corrected chi connectivity index (χ0v) is 14.2. The number of imidazole rings is 1. The summed E-state index contributed by atoms with van der Waals surface area (Å²) in [6, 6.07) is 9.47. The third kappa shape index (κ3) is 2.87. The molecule has 0 spiro atoms. The Kier molecular flexibility index (Phi) is 3.88. The van der Waals surface area contributed by atoms with Gasteiger partial charge in [-0.2, -0.15) is 26.3 Å². The zero-order valence-electron chi connectivity index (χ0n) is 14.2. The lowest BCUT2D eigenvalue weighted by Gasteiger charge is -2.15. The van der Waals surface area contributed by atoms with E-state index in [1.54, 1.807) is 31.2 Å². The van der Waals surface area contributed by atoms with Gasteiger partial charge in [0, 0.05) is 10.9 Å². The van der Waals surface area contributed by atoms with E-state index in [-0.39, 0.29) is 11.7 Å². The Bertz CT molecular complexity index is 1200. The number of aryl methyl sites for hydroxylation is 1. The molecule has 144 valence electrons. The van der Waals surface area contributed by atoms with E-state index in [1.807, 2.05) is 0 Å². The topological polar surface area (TPSA) is 30.2 Å². The average molecular weight is 395 g/mol. The molecule has 3 aromatic heterocycles. The smallest absolute Gasteiger partial charge is 0.276 e. The van der Waals surface area contributed by atoms with Gasteiger partial charge in [-0.1, -0.05) is 24.3 Å². The summed E-state index contributed by atoms with van der Waals surface area (Å²) in [5.41, 5.74) is -1.46. The van der Waals surface area contributed by atoms with Crippen LogP contribution in [0.25, 0.3) is 27.9 Å². The minimum atomic E-state index is -5.03. The maximum absolute atomic E-state index is 13.5. The van der Waals surface area contributed by atoms with E-state index in [0.717, 1.165) is 11.6 Å². The number of benzene rings is 1. The van der Waals surface area contributed by atoms with Gasteiger partial charge in [0.05, 0.1) is 17.5 Å². The standard InChI is InChI=1S/C19H11F6N3/c1-10-4-2-3-5-11(10)14-9-26-16-7-6-12-13(18(20,21)22)8-15(19(23,24)25)27-17(12)28(14)16/h2-9H,1H3. The fourth-order valence-electron chi connectivity index (χ4n) is 3.17. The second-order valence-electron chi connectivity index (χ2n) is 6.27. The van der Waals surface area contributed by atoms with E-state index in [4.69, 9.17) is 0 Å². The van der Waals surface area contributed by atoms with Gasteiger partial charge in [0.25, 0.3) is 0 Å². The Morgan fingerprint density at radius 3 is 2.25 bits per heavy atom. The fraction of sp³-hybridized carbons (Fsp3) is 0.158. The van der Waals surface area contributed by atoms with Crippen molar-refractivity contribution in [2.24, 2.45) is 0 Å². The largest absolute Gasteiger partial charge is 0.433 e. The molecule has 28 heavy (non-hydrogen) atoms. The van der Waals surface area contributed by atoms with E-state index < -0.39 is 34.6 Å². The molecule has 0 aliphatic carbocycles. The number of halogens is 6. The molecule has 0 saturated carbocycles. The van der Waals surface area contributed by atoms with Crippen molar-refractivity contribution >= 4 is 16.7 Å². The molecule has 0 atom stereocenters. The molecule has 4 rings (SSSR count). The molecule has 0 fully saturated rings. The lowest BCUT2D eigenvalue weighted by atomic mass is 10.1. The first-order valence-corrected chi connectivity index (χ1v) is 8.09. The Morgan fingerprint density at radius 2 is 1.61 bits per heavy atom. The van der Waals surface area contributed by atoms with E-state index in [0.29, 0.717) is 11.3 Å². The Balaban J connectivity index is 2.18. The van der Waals surface area contributed by atoms with Crippen LogP contribution in [-0.4, -0.2) is 14.4 Å². The van der Waals surface area contributed by atoms with E-state index in [9.17, 15) is 26.3 Å². The summed E-state index contributed by atoms with van der Waals surface area (Å²) in [4.78, 5) is 7.67. The summed E-state index contributed by atoms with van der Waals surface area (Å²) in [5.74, 6) is 0. The van der Waals surface area contributed by atoms with Crippen LogP contribution in [0, 0.1) is 6.92 Å². The van der Waals surface area contributed by atoms with Gasteiger partial charge in [0.15, 0.2) is 0 Å². The Morgan fingerprint density at radius 1 is 0.893 bits per heavy atom. The van der Waals surface area contributed by atoms with Gasteiger partial charge in [0.1, 0.15) is 17.0 Å². The molecule has 0 amide bonds. The molecule has 9 heteroatoms. The third-order valence-electron chi connectivity index (χ3n) is 4.46. The number of hydrogen-bond acceptors (Lipinski definition) is 2. The number of aromatic nitrogens is 3. The van der Waals surface area contributed by atoms with Crippen molar-refractivity contribution < 1.29 is 26.3 Å². The molecule has 3 heterocycles.